The molecule has 1 fully saturated rings. The standard InChI is InChI=1S/C9H18O8/c10-2-4(12)1-9(16)8(15)7(14)6(13)5(3-11)17-9/h4-8,10-16H,1-3H2/t4?,5-,6-,7+,8-,9?/m1/s1. The summed E-state index contributed by atoms with van der Waals surface area (Å²) in [5.74, 6) is -2.34. The van der Waals surface area contributed by atoms with Gasteiger partial charge in [-0.1, -0.05) is 0 Å². The molecule has 0 bridgehead atoms. The van der Waals surface area contributed by atoms with E-state index in [1.807, 2.05) is 0 Å². The van der Waals surface area contributed by atoms with Crippen LogP contribution in [0.4, 0.5) is 0 Å². The molecule has 0 aromatic carbocycles. The van der Waals surface area contributed by atoms with E-state index in [9.17, 15) is 25.5 Å². The van der Waals surface area contributed by atoms with Crippen molar-refractivity contribution in [1.82, 2.24) is 0 Å². The molecule has 1 saturated heterocycles. The second kappa shape index (κ2) is 5.55. The fourth-order valence-electron chi connectivity index (χ4n) is 1.79. The van der Waals surface area contributed by atoms with Crippen LogP contribution in [-0.2, 0) is 4.74 Å². The van der Waals surface area contributed by atoms with Crippen LogP contribution in [0.3, 0.4) is 0 Å². The van der Waals surface area contributed by atoms with Crippen molar-refractivity contribution in [2.45, 2.75) is 42.7 Å². The monoisotopic (exact) mass is 254 g/mol. The van der Waals surface area contributed by atoms with Gasteiger partial charge in [0.25, 0.3) is 0 Å². The Balaban J connectivity index is 2.83. The molecule has 0 radical (unpaired) electrons. The number of aliphatic hydroxyl groups excluding tert-OH is 6. The van der Waals surface area contributed by atoms with Gasteiger partial charge in [-0.15, -0.1) is 0 Å². The highest BCUT2D eigenvalue weighted by molar-refractivity contribution is 4.96. The number of hydrogen-bond donors (Lipinski definition) is 7. The second-order valence-corrected chi connectivity index (χ2v) is 4.15. The molecule has 1 aliphatic rings. The molecule has 1 aliphatic heterocycles. The SMILES string of the molecule is OCC(O)CC1(O)O[C@H](CO)[C@@H](O)[C@H](O)[C@H]1O. The van der Waals surface area contributed by atoms with E-state index in [4.69, 9.17) is 14.9 Å². The first kappa shape index (κ1) is 14.7. The summed E-state index contributed by atoms with van der Waals surface area (Å²) in [6.45, 7) is -1.34. The fourth-order valence-corrected chi connectivity index (χ4v) is 1.79. The van der Waals surface area contributed by atoms with Crippen LogP contribution in [0.5, 0.6) is 0 Å². The second-order valence-electron chi connectivity index (χ2n) is 4.15. The highest BCUT2D eigenvalue weighted by Crippen LogP contribution is 2.31. The molecule has 6 atom stereocenters. The van der Waals surface area contributed by atoms with Gasteiger partial charge in [0.05, 0.1) is 19.3 Å². The summed E-state index contributed by atoms with van der Waals surface area (Å²) < 4.78 is 4.86. The lowest BCUT2D eigenvalue weighted by atomic mass is 9.89. The first-order chi connectivity index (χ1) is 7.85. The van der Waals surface area contributed by atoms with Crippen molar-refractivity contribution in [2.75, 3.05) is 13.2 Å². The summed E-state index contributed by atoms with van der Waals surface area (Å²) in [7, 11) is 0. The summed E-state index contributed by atoms with van der Waals surface area (Å²) in [4.78, 5) is 0. The summed E-state index contributed by atoms with van der Waals surface area (Å²) in [5, 5.41) is 65.1. The molecule has 0 saturated carbocycles. The molecule has 0 spiro atoms. The Kier molecular flexibility index (Phi) is 4.81. The maximum atomic E-state index is 9.91. The van der Waals surface area contributed by atoms with Crippen LogP contribution in [0, 0.1) is 0 Å². The minimum atomic E-state index is -2.34. The summed E-state index contributed by atoms with van der Waals surface area (Å²) >= 11 is 0. The normalized spacial score (nSPS) is 44.6. The Bertz CT molecular complexity index is 247. The highest BCUT2D eigenvalue weighted by atomic mass is 16.7. The zero-order chi connectivity index (χ0) is 13.2. The van der Waals surface area contributed by atoms with Crippen LogP contribution < -0.4 is 0 Å². The lowest BCUT2D eigenvalue weighted by Crippen LogP contribution is -2.66. The largest absolute Gasteiger partial charge is 0.394 e. The van der Waals surface area contributed by atoms with Gasteiger partial charge in [-0.05, 0) is 0 Å². The minimum Gasteiger partial charge on any atom is -0.394 e. The van der Waals surface area contributed by atoms with E-state index in [-0.39, 0.29) is 0 Å². The third-order valence-electron chi connectivity index (χ3n) is 2.79. The van der Waals surface area contributed by atoms with Crippen molar-refractivity contribution >= 4 is 0 Å². The first-order valence-corrected chi connectivity index (χ1v) is 5.20. The Hall–Kier alpha value is -0.320. The quantitative estimate of drug-likeness (QED) is 0.267. The van der Waals surface area contributed by atoms with Gasteiger partial charge in [0.2, 0.25) is 0 Å². The van der Waals surface area contributed by atoms with Crippen molar-refractivity contribution < 1.29 is 40.5 Å². The molecule has 1 heterocycles. The number of rotatable bonds is 4. The number of ether oxygens (including phenoxy) is 1. The molecule has 0 amide bonds. The highest BCUT2D eigenvalue weighted by Gasteiger charge is 2.53. The molecule has 8 nitrogen and oxygen atoms in total. The van der Waals surface area contributed by atoms with Gasteiger partial charge in [-0.2, -0.15) is 0 Å². The Morgan fingerprint density at radius 2 is 1.71 bits per heavy atom. The molecule has 0 aromatic heterocycles. The van der Waals surface area contributed by atoms with E-state index in [1.54, 1.807) is 0 Å². The number of aliphatic hydroxyl groups is 7. The van der Waals surface area contributed by atoms with Crippen molar-refractivity contribution in [3.63, 3.8) is 0 Å². The zero-order valence-electron chi connectivity index (χ0n) is 9.05. The lowest BCUT2D eigenvalue weighted by Gasteiger charge is -2.45. The van der Waals surface area contributed by atoms with E-state index >= 15 is 0 Å². The van der Waals surface area contributed by atoms with E-state index in [0.29, 0.717) is 0 Å². The molecule has 7 N–H and O–H groups in total. The molecular formula is C9H18O8. The third-order valence-corrected chi connectivity index (χ3v) is 2.79. The predicted molar refractivity (Wildman–Crippen MR) is 52.6 cm³/mol. The van der Waals surface area contributed by atoms with E-state index < -0.39 is 55.9 Å². The van der Waals surface area contributed by atoms with Crippen molar-refractivity contribution in [3.05, 3.63) is 0 Å². The van der Waals surface area contributed by atoms with Crippen LogP contribution in [0.25, 0.3) is 0 Å². The van der Waals surface area contributed by atoms with Gasteiger partial charge in [-0.3, -0.25) is 0 Å². The molecule has 0 aromatic rings. The topological polar surface area (TPSA) is 151 Å². The van der Waals surface area contributed by atoms with E-state index in [1.165, 1.54) is 0 Å². The van der Waals surface area contributed by atoms with Crippen LogP contribution >= 0.6 is 0 Å². The van der Waals surface area contributed by atoms with Gasteiger partial charge in [0.1, 0.15) is 24.4 Å². The van der Waals surface area contributed by atoms with Gasteiger partial charge in [-0.25, -0.2) is 0 Å². The summed E-state index contributed by atoms with van der Waals surface area (Å²) in [6.07, 6.45) is -8.36. The first-order valence-electron chi connectivity index (χ1n) is 5.20. The average molecular weight is 254 g/mol. The van der Waals surface area contributed by atoms with Crippen LogP contribution in [0.1, 0.15) is 6.42 Å². The maximum Gasteiger partial charge on any atom is 0.197 e. The Morgan fingerprint density at radius 3 is 2.18 bits per heavy atom. The van der Waals surface area contributed by atoms with Crippen LogP contribution in [0.15, 0.2) is 0 Å². The zero-order valence-corrected chi connectivity index (χ0v) is 9.05. The molecule has 1 rings (SSSR count). The average Bonchev–Trinajstić information content (AvgIpc) is 2.31. The van der Waals surface area contributed by atoms with Crippen molar-refractivity contribution in [1.29, 1.82) is 0 Å². The molecule has 0 aliphatic carbocycles. The lowest BCUT2D eigenvalue weighted by molar-refractivity contribution is -0.356. The van der Waals surface area contributed by atoms with E-state index in [0.717, 1.165) is 0 Å². The van der Waals surface area contributed by atoms with Crippen LogP contribution in [-0.4, -0.2) is 85.3 Å². The molecular weight excluding hydrogens is 236 g/mol. The minimum absolute atomic E-state index is 0.565. The van der Waals surface area contributed by atoms with Gasteiger partial charge < -0.3 is 40.5 Å². The Morgan fingerprint density at radius 1 is 1.12 bits per heavy atom. The third kappa shape index (κ3) is 2.92. The van der Waals surface area contributed by atoms with Crippen LogP contribution in [0.2, 0.25) is 0 Å². The smallest absolute Gasteiger partial charge is 0.197 e. The molecule has 2 unspecified atom stereocenters. The summed E-state index contributed by atoms with van der Waals surface area (Å²) in [6, 6.07) is 0. The van der Waals surface area contributed by atoms with Crippen molar-refractivity contribution in [3.8, 4) is 0 Å². The van der Waals surface area contributed by atoms with Gasteiger partial charge in [0.15, 0.2) is 5.79 Å². The molecule has 102 valence electrons. The molecule has 17 heavy (non-hydrogen) atoms. The fraction of sp³-hybridized carbons (Fsp3) is 1.00. The maximum absolute atomic E-state index is 9.91. The summed E-state index contributed by atoms with van der Waals surface area (Å²) in [5.41, 5.74) is 0. The van der Waals surface area contributed by atoms with E-state index in [2.05, 4.69) is 0 Å². The number of hydrogen-bond acceptors (Lipinski definition) is 8. The van der Waals surface area contributed by atoms with Gasteiger partial charge >= 0.3 is 0 Å². The predicted octanol–water partition coefficient (Wildman–Crippen LogP) is -4.11. The molecule has 8 heteroatoms. The Labute approximate surface area is 97.3 Å². The van der Waals surface area contributed by atoms with Crippen molar-refractivity contribution in [2.24, 2.45) is 0 Å². The van der Waals surface area contributed by atoms with Gasteiger partial charge in [0, 0.05) is 6.42 Å².